The van der Waals surface area contributed by atoms with Gasteiger partial charge in [-0.05, 0) is 46.0 Å². The molecule has 1 fully saturated rings. The summed E-state index contributed by atoms with van der Waals surface area (Å²) in [5.74, 6) is -0.00604. The van der Waals surface area contributed by atoms with Crippen LogP contribution in [0, 0.1) is 0 Å². The fraction of sp³-hybridized carbons (Fsp3) is 0.562. The van der Waals surface area contributed by atoms with Crippen LogP contribution in [0.1, 0.15) is 31.1 Å². The molecule has 110 valence electrons. The summed E-state index contributed by atoms with van der Waals surface area (Å²) in [6.45, 7) is 10.2. The highest BCUT2D eigenvalue weighted by Gasteiger charge is 2.18. The van der Waals surface area contributed by atoms with E-state index >= 15 is 0 Å². The van der Waals surface area contributed by atoms with Gasteiger partial charge in [-0.25, -0.2) is 0 Å². The Morgan fingerprint density at radius 1 is 1.15 bits per heavy atom. The molecule has 1 heterocycles. The van der Waals surface area contributed by atoms with Crippen LogP contribution in [0.4, 0.5) is 5.69 Å². The Kier molecular flexibility index (Phi) is 4.33. The van der Waals surface area contributed by atoms with Gasteiger partial charge in [0.2, 0.25) is 0 Å². The predicted octanol–water partition coefficient (Wildman–Crippen LogP) is 1.97. The van der Waals surface area contributed by atoms with E-state index in [0.717, 1.165) is 37.4 Å². The van der Waals surface area contributed by atoms with Crippen molar-refractivity contribution in [3.8, 4) is 0 Å². The van der Waals surface area contributed by atoms with Crippen molar-refractivity contribution in [1.29, 1.82) is 0 Å². The lowest BCUT2D eigenvalue weighted by atomic mass is 10.1. The first-order valence-electron chi connectivity index (χ1n) is 7.21. The van der Waals surface area contributed by atoms with Gasteiger partial charge < -0.3 is 15.1 Å². The van der Waals surface area contributed by atoms with E-state index in [1.54, 1.807) is 0 Å². The van der Waals surface area contributed by atoms with E-state index in [4.69, 9.17) is 0 Å². The van der Waals surface area contributed by atoms with E-state index in [1.807, 2.05) is 39.0 Å². The fourth-order valence-electron chi connectivity index (χ4n) is 2.32. The Hall–Kier alpha value is -1.55. The third kappa shape index (κ3) is 3.97. The number of rotatable bonds is 2. The number of carbonyl (C=O) groups is 1. The third-order valence-electron chi connectivity index (χ3n) is 3.47. The van der Waals surface area contributed by atoms with Crippen molar-refractivity contribution in [2.45, 2.75) is 26.3 Å². The summed E-state index contributed by atoms with van der Waals surface area (Å²) in [6, 6.07) is 7.91. The van der Waals surface area contributed by atoms with E-state index in [9.17, 15) is 4.79 Å². The molecule has 1 aliphatic rings. The number of piperazine rings is 1. The number of anilines is 1. The lowest BCUT2D eigenvalue weighted by molar-refractivity contribution is 0.0919. The molecular formula is C16H25N3O. The minimum Gasteiger partial charge on any atom is -0.369 e. The van der Waals surface area contributed by atoms with Crippen molar-refractivity contribution >= 4 is 11.6 Å². The van der Waals surface area contributed by atoms with Crippen molar-refractivity contribution in [3.05, 3.63) is 29.8 Å². The third-order valence-corrected chi connectivity index (χ3v) is 3.47. The van der Waals surface area contributed by atoms with Gasteiger partial charge in [-0.15, -0.1) is 0 Å². The quantitative estimate of drug-likeness (QED) is 0.896. The maximum atomic E-state index is 12.2. The summed E-state index contributed by atoms with van der Waals surface area (Å²) in [6.07, 6.45) is 0. The fourth-order valence-corrected chi connectivity index (χ4v) is 2.32. The van der Waals surface area contributed by atoms with Crippen molar-refractivity contribution < 1.29 is 4.79 Å². The van der Waals surface area contributed by atoms with Gasteiger partial charge in [0.05, 0.1) is 0 Å². The zero-order valence-electron chi connectivity index (χ0n) is 12.9. The first-order chi connectivity index (χ1) is 9.35. The molecule has 0 spiro atoms. The second kappa shape index (κ2) is 5.83. The molecule has 4 nitrogen and oxygen atoms in total. The van der Waals surface area contributed by atoms with E-state index in [2.05, 4.69) is 28.2 Å². The molecule has 0 saturated carbocycles. The van der Waals surface area contributed by atoms with E-state index in [0.29, 0.717) is 0 Å². The van der Waals surface area contributed by atoms with Crippen molar-refractivity contribution in [2.75, 3.05) is 38.1 Å². The molecule has 4 heteroatoms. The molecule has 0 aromatic heterocycles. The molecule has 1 aliphatic heterocycles. The molecule has 0 radical (unpaired) electrons. The average Bonchev–Trinajstić information content (AvgIpc) is 2.38. The SMILES string of the molecule is CN1CCN(c2cccc(C(=O)NC(C)(C)C)c2)CC1. The molecule has 1 saturated heterocycles. The largest absolute Gasteiger partial charge is 0.369 e. The summed E-state index contributed by atoms with van der Waals surface area (Å²) < 4.78 is 0. The van der Waals surface area contributed by atoms with Crippen LogP contribution in [0.2, 0.25) is 0 Å². The molecule has 0 aliphatic carbocycles. The van der Waals surface area contributed by atoms with Crippen LogP contribution in [0.3, 0.4) is 0 Å². The number of hydrogen-bond donors (Lipinski definition) is 1. The Labute approximate surface area is 121 Å². The number of hydrogen-bond acceptors (Lipinski definition) is 3. The number of carbonyl (C=O) groups excluding carboxylic acids is 1. The van der Waals surface area contributed by atoms with Gasteiger partial charge in [0.15, 0.2) is 0 Å². The van der Waals surface area contributed by atoms with Crippen LogP contribution in [-0.2, 0) is 0 Å². The number of amides is 1. The molecule has 0 unspecified atom stereocenters. The second-order valence-corrected chi connectivity index (χ2v) is 6.54. The Morgan fingerprint density at radius 3 is 2.40 bits per heavy atom. The zero-order valence-corrected chi connectivity index (χ0v) is 12.9. The van der Waals surface area contributed by atoms with Gasteiger partial charge in [0.1, 0.15) is 0 Å². The predicted molar refractivity (Wildman–Crippen MR) is 83.4 cm³/mol. The smallest absolute Gasteiger partial charge is 0.251 e. The van der Waals surface area contributed by atoms with Crippen molar-refractivity contribution in [3.63, 3.8) is 0 Å². The Balaban J connectivity index is 2.10. The molecule has 0 bridgehead atoms. The highest BCUT2D eigenvalue weighted by molar-refractivity contribution is 5.95. The van der Waals surface area contributed by atoms with Crippen LogP contribution >= 0.6 is 0 Å². The first-order valence-corrected chi connectivity index (χ1v) is 7.21. The number of nitrogens with one attached hydrogen (secondary N) is 1. The van der Waals surface area contributed by atoms with E-state index < -0.39 is 0 Å². The lowest BCUT2D eigenvalue weighted by Crippen LogP contribution is -2.44. The maximum absolute atomic E-state index is 12.2. The minimum atomic E-state index is -0.207. The molecule has 1 N–H and O–H groups in total. The highest BCUT2D eigenvalue weighted by atomic mass is 16.1. The minimum absolute atomic E-state index is 0.00604. The molecule has 1 amide bonds. The Morgan fingerprint density at radius 2 is 1.80 bits per heavy atom. The average molecular weight is 275 g/mol. The normalized spacial score (nSPS) is 17.1. The molecule has 0 atom stereocenters. The zero-order chi connectivity index (χ0) is 14.8. The molecule has 20 heavy (non-hydrogen) atoms. The van der Waals surface area contributed by atoms with Crippen LogP contribution in [0.5, 0.6) is 0 Å². The summed E-state index contributed by atoms with van der Waals surface area (Å²) in [5.41, 5.74) is 1.66. The van der Waals surface area contributed by atoms with Gasteiger partial charge >= 0.3 is 0 Å². The standard InChI is InChI=1S/C16H25N3O/c1-16(2,3)17-15(20)13-6-5-7-14(12-13)19-10-8-18(4)9-11-19/h5-7,12H,8-11H2,1-4H3,(H,17,20). The highest BCUT2D eigenvalue weighted by Crippen LogP contribution is 2.18. The van der Waals surface area contributed by atoms with Gasteiger partial charge in [-0.1, -0.05) is 6.07 Å². The van der Waals surface area contributed by atoms with Gasteiger partial charge in [-0.3, -0.25) is 4.79 Å². The summed E-state index contributed by atoms with van der Waals surface area (Å²) in [4.78, 5) is 16.9. The molecule has 1 aromatic carbocycles. The van der Waals surface area contributed by atoms with Gasteiger partial charge in [-0.2, -0.15) is 0 Å². The second-order valence-electron chi connectivity index (χ2n) is 6.54. The van der Waals surface area contributed by atoms with Gasteiger partial charge in [0, 0.05) is 43.0 Å². The summed E-state index contributed by atoms with van der Waals surface area (Å²) >= 11 is 0. The molecular weight excluding hydrogens is 250 g/mol. The number of benzene rings is 1. The monoisotopic (exact) mass is 275 g/mol. The number of likely N-dealkylation sites (N-methyl/N-ethyl adjacent to an activating group) is 1. The van der Waals surface area contributed by atoms with E-state index in [-0.39, 0.29) is 11.4 Å². The maximum Gasteiger partial charge on any atom is 0.251 e. The summed E-state index contributed by atoms with van der Waals surface area (Å²) in [7, 11) is 2.14. The summed E-state index contributed by atoms with van der Waals surface area (Å²) in [5, 5.41) is 3.01. The van der Waals surface area contributed by atoms with E-state index in [1.165, 1.54) is 0 Å². The van der Waals surface area contributed by atoms with Crippen molar-refractivity contribution in [1.82, 2.24) is 10.2 Å². The first kappa shape index (κ1) is 14.9. The Bertz CT molecular complexity index is 471. The van der Waals surface area contributed by atoms with Crippen LogP contribution < -0.4 is 10.2 Å². The molecule has 2 rings (SSSR count). The lowest BCUT2D eigenvalue weighted by Gasteiger charge is -2.34. The van der Waals surface area contributed by atoms with Crippen LogP contribution in [-0.4, -0.2) is 49.6 Å². The van der Waals surface area contributed by atoms with Crippen LogP contribution in [0.15, 0.2) is 24.3 Å². The topological polar surface area (TPSA) is 35.6 Å². The van der Waals surface area contributed by atoms with Crippen molar-refractivity contribution in [2.24, 2.45) is 0 Å². The number of nitrogens with zero attached hydrogens (tertiary/aromatic N) is 2. The van der Waals surface area contributed by atoms with Crippen LogP contribution in [0.25, 0.3) is 0 Å². The molecule has 1 aromatic rings. The van der Waals surface area contributed by atoms with Gasteiger partial charge in [0.25, 0.3) is 5.91 Å².